The maximum atomic E-state index is 13.3. The van der Waals surface area contributed by atoms with E-state index in [1.807, 2.05) is 37.3 Å². The number of hydrogen-bond donors (Lipinski definition) is 4. The molecule has 0 aliphatic carbocycles. The van der Waals surface area contributed by atoms with E-state index >= 15 is 0 Å². The molecule has 2 aromatic carbocycles. The Kier molecular flexibility index (Phi) is 6.89. The van der Waals surface area contributed by atoms with Crippen LogP contribution >= 0.6 is 0 Å². The van der Waals surface area contributed by atoms with Gasteiger partial charge in [0, 0.05) is 24.0 Å². The van der Waals surface area contributed by atoms with E-state index in [2.05, 4.69) is 30.6 Å². The van der Waals surface area contributed by atoms with Gasteiger partial charge in [-0.25, -0.2) is 19.3 Å². The lowest BCUT2D eigenvalue weighted by Gasteiger charge is -2.19. The first-order valence-corrected chi connectivity index (χ1v) is 12.3. The van der Waals surface area contributed by atoms with Gasteiger partial charge in [-0.15, -0.1) is 0 Å². The molecule has 0 aliphatic heterocycles. The van der Waals surface area contributed by atoms with Gasteiger partial charge in [0.15, 0.2) is 5.65 Å². The molecule has 0 bridgehead atoms. The van der Waals surface area contributed by atoms with Gasteiger partial charge in [0.2, 0.25) is 0 Å². The van der Waals surface area contributed by atoms with E-state index < -0.39 is 5.91 Å². The molecule has 39 heavy (non-hydrogen) atoms. The number of carbonyl (C=O) groups is 1. The molecule has 0 unspecified atom stereocenters. The van der Waals surface area contributed by atoms with Gasteiger partial charge in [-0.2, -0.15) is 5.26 Å². The highest BCUT2D eigenvalue weighted by Crippen LogP contribution is 2.26. The number of carbonyl (C=O) groups excluding carboxylic acids is 1. The van der Waals surface area contributed by atoms with Gasteiger partial charge >= 0.3 is 0 Å². The molecule has 0 saturated carbocycles. The summed E-state index contributed by atoms with van der Waals surface area (Å²) < 4.78 is 13.3. The molecule has 5 aromatic rings. The van der Waals surface area contributed by atoms with Crippen LogP contribution in [0.5, 0.6) is 0 Å². The Bertz CT molecular complexity index is 1690. The number of halogens is 1. The third-order valence-electron chi connectivity index (χ3n) is 6.45. The highest BCUT2D eigenvalue weighted by molar-refractivity contribution is 5.99. The molecule has 194 valence electrons. The maximum absolute atomic E-state index is 13.3. The van der Waals surface area contributed by atoms with Gasteiger partial charge < -0.3 is 21.4 Å². The van der Waals surface area contributed by atoms with E-state index in [0.717, 1.165) is 16.7 Å². The Labute approximate surface area is 224 Å². The fourth-order valence-corrected chi connectivity index (χ4v) is 4.20. The van der Waals surface area contributed by atoms with Gasteiger partial charge in [0.1, 0.15) is 23.2 Å². The highest BCUT2D eigenvalue weighted by Gasteiger charge is 2.19. The molecule has 0 fully saturated rings. The number of aromatic nitrogens is 4. The quantitative estimate of drug-likeness (QED) is 0.228. The second kappa shape index (κ2) is 10.6. The van der Waals surface area contributed by atoms with E-state index in [9.17, 15) is 14.4 Å². The molecule has 0 saturated heterocycles. The summed E-state index contributed by atoms with van der Waals surface area (Å²) in [5.41, 5.74) is 11.5. The lowest BCUT2D eigenvalue weighted by atomic mass is 10.0. The van der Waals surface area contributed by atoms with Crippen molar-refractivity contribution in [2.45, 2.75) is 25.9 Å². The number of rotatable bonds is 7. The van der Waals surface area contributed by atoms with Crippen LogP contribution in [-0.2, 0) is 0 Å². The zero-order chi connectivity index (χ0) is 27.5. The van der Waals surface area contributed by atoms with Crippen molar-refractivity contribution in [3.63, 3.8) is 0 Å². The summed E-state index contributed by atoms with van der Waals surface area (Å²) >= 11 is 0. The first-order valence-electron chi connectivity index (χ1n) is 12.3. The lowest BCUT2D eigenvalue weighted by Crippen LogP contribution is -2.28. The molecule has 10 heteroatoms. The largest absolute Gasteiger partial charge is 0.396 e. The second-order valence-electron chi connectivity index (χ2n) is 9.16. The van der Waals surface area contributed by atoms with Crippen molar-refractivity contribution in [1.82, 2.24) is 25.3 Å². The number of pyridine rings is 1. The molecule has 3 aromatic heterocycles. The van der Waals surface area contributed by atoms with Crippen molar-refractivity contribution in [2.24, 2.45) is 0 Å². The molecule has 5 N–H and O–H groups in total. The van der Waals surface area contributed by atoms with Crippen LogP contribution in [0.25, 0.3) is 22.4 Å². The van der Waals surface area contributed by atoms with Crippen LogP contribution in [0.2, 0.25) is 0 Å². The Hall–Kier alpha value is -5.30. The molecular weight excluding hydrogens is 495 g/mol. The fraction of sp³-hybridized carbons (Fsp3) is 0.138. The van der Waals surface area contributed by atoms with Gasteiger partial charge in [0.05, 0.1) is 34.7 Å². The van der Waals surface area contributed by atoms with Crippen LogP contribution in [0.1, 0.15) is 53.0 Å². The number of hydrogen-bond acceptors (Lipinski definition) is 7. The number of nitrogens with two attached hydrogens (primary N) is 1. The van der Waals surface area contributed by atoms with Crippen LogP contribution in [-0.4, -0.2) is 25.8 Å². The Morgan fingerprint density at radius 1 is 1.03 bits per heavy atom. The minimum Gasteiger partial charge on any atom is -0.396 e. The molecule has 9 nitrogen and oxygen atoms in total. The number of nitriles is 1. The van der Waals surface area contributed by atoms with E-state index in [0.29, 0.717) is 28.4 Å². The fourth-order valence-electron chi connectivity index (χ4n) is 4.20. The van der Waals surface area contributed by atoms with Crippen LogP contribution < -0.4 is 16.4 Å². The Morgan fingerprint density at radius 3 is 2.44 bits per heavy atom. The van der Waals surface area contributed by atoms with E-state index in [1.165, 1.54) is 24.4 Å². The van der Waals surface area contributed by atoms with Crippen molar-refractivity contribution < 1.29 is 9.18 Å². The number of fused-ring (bicyclic) bond motifs is 1. The van der Waals surface area contributed by atoms with Crippen LogP contribution in [0.4, 0.5) is 15.9 Å². The van der Waals surface area contributed by atoms with Gasteiger partial charge in [-0.05, 0) is 43.2 Å². The third-order valence-corrected chi connectivity index (χ3v) is 6.45. The number of aromatic amines is 1. The molecular formula is C29H25FN8O. The predicted octanol–water partition coefficient (Wildman–Crippen LogP) is 5.28. The van der Waals surface area contributed by atoms with E-state index in [1.54, 1.807) is 31.5 Å². The standard InChI is InChI=1S/C29H25FN8O/c1-16(19-3-5-21(6-4-19)25-15-35-28-26(38-25)24(32)14-34-28)36-27-23(11-18(12-31)13-33-27)29(39)37-17(2)20-7-9-22(30)10-8-20/h3-11,13-17H,32H2,1-2H3,(H,33,36)(H,34,35)(H,37,39)/t16-,17+/m1/s1. The number of nitrogens with zero attached hydrogens (tertiary/aromatic N) is 4. The summed E-state index contributed by atoms with van der Waals surface area (Å²) in [5, 5.41) is 15.6. The molecule has 1 amide bonds. The van der Waals surface area contributed by atoms with Gasteiger partial charge in [-0.1, -0.05) is 36.4 Å². The molecule has 5 rings (SSSR count). The van der Waals surface area contributed by atoms with Crippen molar-refractivity contribution in [1.29, 1.82) is 5.26 Å². The van der Waals surface area contributed by atoms with Gasteiger partial charge in [-0.3, -0.25) is 4.79 Å². The minimum absolute atomic E-state index is 0.213. The number of nitrogens with one attached hydrogen (secondary N) is 3. The van der Waals surface area contributed by atoms with Crippen molar-refractivity contribution in [3.8, 4) is 17.3 Å². The topological polar surface area (TPSA) is 145 Å². The first-order chi connectivity index (χ1) is 18.8. The SMILES string of the molecule is C[C@H](NC(=O)c1cc(C#N)cnc1N[C@H](C)c1ccc(-c2cnc3[nH]cc(N)c3n2)cc1)c1ccc(F)cc1. The number of nitrogen functional groups attached to an aromatic ring is 1. The van der Waals surface area contributed by atoms with E-state index in [4.69, 9.17) is 5.73 Å². The lowest BCUT2D eigenvalue weighted by molar-refractivity contribution is 0.0940. The molecule has 0 aliphatic rings. The number of benzene rings is 2. The monoisotopic (exact) mass is 520 g/mol. The molecule has 0 radical (unpaired) electrons. The summed E-state index contributed by atoms with van der Waals surface area (Å²) in [6.45, 7) is 3.75. The third kappa shape index (κ3) is 5.38. The summed E-state index contributed by atoms with van der Waals surface area (Å²) in [6, 6.07) is 16.6. The van der Waals surface area contributed by atoms with Crippen molar-refractivity contribution >= 4 is 28.6 Å². The van der Waals surface area contributed by atoms with Gasteiger partial charge in [0.25, 0.3) is 5.91 Å². The zero-order valence-corrected chi connectivity index (χ0v) is 21.2. The van der Waals surface area contributed by atoms with Crippen LogP contribution in [0.3, 0.4) is 0 Å². The van der Waals surface area contributed by atoms with Crippen LogP contribution in [0.15, 0.2) is 73.2 Å². The average Bonchev–Trinajstić information content (AvgIpc) is 3.33. The summed E-state index contributed by atoms with van der Waals surface area (Å²) in [4.78, 5) is 29.5. The normalized spacial score (nSPS) is 12.5. The summed E-state index contributed by atoms with van der Waals surface area (Å²) in [6.07, 6.45) is 4.77. The van der Waals surface area contributed by atoms with Crippen molar-refractivity contribution in [2.75, 3.05) is 11.1 Å². The summed E-state index contributed by atoms with van der Waals surface area (Å²) in [5.74, 6) is -0.413. The number of H-pyrrole nitrogens is 1. The predicted molar refractivity (Wildman–Crippen MR) is 147 cm³/mol. The zero-order valence-electron chi connectivity index (χ0n) is 21.2. The highest BCUT2D eigenvalue weighted by atomic mass is 19.1. The average molecular weight is 521 g/mol. The number of anilines is 2. The molecule has 2 atom stereocenters. The Morgan fingerprint density at radius 2 is 1.72 bits per heavy atom. The summed E-state index contributed by atoms with van der Waals surface area (Å²) in [7, 11) is 0. The van der Waals surface area contributed by atoms with Crippen molar-refractivity contribution in [3.05, 3.63) is 101 Å². The first kappa shape index (κ1) is 25.4. The second-order valence-corrected chi connectivity index (χ2v) is 9.16. The molecule has 3 heterocycles. The van der Waals surface area contributed by atoms with Crippen LogP contribution in [0, 0.1) is 17.1 Å². The minimum atomic E-state index is -0.403. The molecule has 0 spiro atoms. The smallest absolute Gasteiger partial charge is 0.255 e. The Balaban J connectivity index is 1.34. The number of amides is 1. The maximum Gasteiger partial charge on any atom is 0.255 e. The van der Waals surface area contributed by atoms with E-state index in [-0.39, 0.29) is 29.0 Å².